The van der Waals surface area contributed by atoms with Gasteiger partial charge in [0.15, 0.2) is 0 Å². The van der Waals surface area contributed by atoms with Crippen LogP contribution in [0.4, 0.5) is 4.39 Å². The van der Waals surface area contributed by atoms with Crippen molar-refractivity contribution in [3.05, 3.63) is 71.2 Å². The molecule has 0 bridgehead atoms. The summed E-state index contributed by atoms with van der Waals surface area (Å²) >= 11 is 0. The maximum absolute atomic E-state index is 13.5. The number of nitrogens with one attached hydrogen (secondary N) is 2. The minimum Gasteiger partial charge on any atom is -0.361 e. The monoisotopic (exact) mass is 266 g/mol. The van der Waals surface area contributed by atoms with Crippen LogP contribution in [-0.4, -0.2) is 10.9 Å². The minimum atomic E-state index is -0.282. The van der Waals surface area contributed by atoms with E-state index in [2.05, 4.69) is 10.3 Å². The fourth-order valence-electron chi connectivity index (χ4n) is 2.84. The lowest BCUT2D eigenvalue weighted by Gasteiger charge is -2.10. The maximum atomic E-state index is 13.5. The summed E-state index contributed by atoms with van der Waals surface area (Å²) < 4.78 is 13.5. The Hall–Kier alpha value is -2.62. The molecule has 98 valence electrons. The highest BCUT2D eigenvalue weighted by atomic mass is 19.1. The van der Waals surface area contributed by atoms with Gasteiger partial charge in [0.05, 0.1) is 6.04 Å². The Balaban J connectivity index is 1.93. The average Bonchev–Trinajstić information content (AvgIpc) is 3.00. The zero-order chi connectivity index (χ0) is 13.7. The Kier molecular flexibility index (Phi) is 2.21. The summed E-state index contributed by atoms with van der Waals surface area (Å²) in [5.74, 6) is -0.368. The van der Waals surface area contributed by atoms with Crippen LogP contribution in [0.5, 0.6) is 0 Å². The lowest BCUT2D eigenvalue weighted by atomic mass is 9.98. The molecule has 0 radical (unpaired) electrons. The fourth-order valence-corrected chi connectivity index (χ4v) is 2.84. The first kappa shape index (κ1) is 11.2. The van der Waals surface area contributed by atoms with Crippen LogP contribution in [0, 0.1) is 5.82 Å². The van der Waals surface area contributed by atoms with E-state index in [0.29, 0.717) is 5.56 Å². The van der Waals surface area contributed by atoms with Gasteiger partial charge in [0, 0.05) is 28.2 Å². The summed E-state index contributed by atoms with van der Waals surface area (Å²) in [4.78, 5) is 15.1. The van der Waals surface area contributed by atoms with E-state index in [-0.39, 0.29) is 17.8 Å². The predicted octanol–water partition coefficient (Wildman–Crippen LogP) is 3.14. The molecule has 3 aromatic rings. The van der Waals surface area contributed by atoms with Crippen LogP contribution in [0.1, 0.15) is 27.5 Å². The van der Waals surface area contributed by atoms with Gasteiger partial charge >= 0.3 is 0 Å². The summed E-state index contributed by atoms with van der Waals surface area (Å²) in [5, 5.41) is 3.75. The number of hydrogen-bond acceptors (Lipinski definition) is 1. The van der Waals surface area contributed by atoms with Crippen molar-refractivity contribution in [1.82, 2.24) is 10.3 Å². The van der Waals surface area contributed by atoms with Gasteiger partial charge in [-0.3, -0.25) is 4.79 Å². The quantitative estimate of drug-likeness (QED) is 0.698. The molecular formula is C16H11FN2O. The summed E-state index contributed by atoms with van der Waals surface area (Å²) in [6.45, 7) is 0. The van der Waals surface area contributed by atoms with Gasteiger partial charge < -0.3 is 10.3 Å². The Labute approximate surface area is 114 Å². The van der Waals surface area contributed by atoms with Gasteiger partial charge in [-0.05, 0) is 29.8 Å². The molecule has 20 heavy (non-hydrogen) atoms. The molecule has 1 aliphatic heterocycles. The van der Waals surface area contributed by atoms with E-state index < -0.39 is 0 Å². The zero-order valence-electron chi connectivity index (χ0n) is 10.5. The third-order valence-electron chi connectivity index (χ3n) is 3.78. The first-order chi connectivity index (χ1) is 9.74. The number of aromatic nitrogens is 1. The van der Waals surface area contributed by atoms with Crippen LogP contribution < -0.4 is 5.32 Å². The van der Waals surface area contributed by atoms with Crippen molar-refractivity contribution in [2.75, 3.05) is 0 Å². The van der Waals surface area contributed by atoms with Gasteiger partial charge in [-0.1, -0.05) is 18.2 Å². The molecular weight excluding hydrogens is 255 g/mol. The van der Waals surface area contributed by atoms with E-state index in [1.54, 1.807) is 12.1 Å². The van der Waals surface area contributed by atoms with Crippen LogP contribution in [0.3, 0.4) is 0 Å². The molecule has 4 heteroatoms. The highest BCUT2D eigenvalue weighted by molar-refractivity contribution is 6.00. The van der Waals surface area contributed by atoms with Gasteiger partial charge in [-0.25, -0.2) is 4.39 Å². The number of halogens is 1. The Morgan fingerprint density at radius 3 is 2.80 bits per heavy atom. The van der Waals surface area contributed by atoms with Crippen molar-refractivity contribution in [3.8, 4) is 0 Å². The van der Waals surface area contributed by atoms with Crippen LogP contribution >= 0.6 is 0 Å². The molecule has 0 aliphatic carbocycles. The maximum Gasteiger partial charge on any atom is 0.252 e. The second-order valence-corrected chi connectivity index (χ2v) is 4.93. The van der Waals surface area contributed by atoms with E-state index in [4.69, 9.17) is 0 Å². The largest absolute Gasteiger partial charge is 0.361 e. The molecule has 4 rings (SSSR count). The van der Waals surface area contributed by atoms with E-state index in [1.165, 1.54) is 12.1 Å². The van der Waals surface area contributed by atoms with Crippen molar-refractivity contribution >= 4 is 16.8 Å². The van der Waals surface area contributed by atoms with E-state index in [1.807, 2.05) is 24.4 Å². The normalized spacial score (nSPS) is 17.2. The lowest BCUT2D eigenvalue weighted by molar-refractivity contribution is 0.0960. The van der Waals surface area contributed by atoms with Gasteiger partial charge in [0.1, 0.15) is 5.82 Å². The Morgan fingerprint density at radius 1 is 1.05 bits per heavy atom. The topological polar surface area (TPSA) is 44.9 Å². The van der Waals surface area contributed by atoms with Gasteiger partial charge in [-0.2, -0.15) is 0 Å². The zero-order valence-corrected chi connectivity index (χ0v) is 10.5. The SMILES string of the molecule is O=C1N[C@@H](c2c[nH]c3ccc(F)cc23)c2ccccc21. The lowest BCUT2D eigenvalue weighted by Crippen LogP contribution is -2.19. The number of amides is 1. The first-order valence-corrected chi connectivity index (χ1v) is 6.40. The molecule has 0 saturated carbocycles. The van der Waals surface area contributed by atoms with Gasteiger partial charge in [0.2, 0.25) is 0 Å². The third-order valence-corrected chi connectivity index (χ3v) is 3.78. The van der Waals surface area contributed by atoms with Crippen LogP contribution in [-0.2, 0) is 0 Å². The highest BCUT2D eigenvalue weighted by Gasteiger charge is 2.30. The molecule has 1 atom stereocenters. The summed E-state index contributed by atoms with van der Waals surface area (Å²) in [7, 11) is 0. The van der Waals surface area contributed by atoms with Crippen molar-refractivity contribution in [2.24, 2.45) is 0 Å². The summed E-state index contributed by atoms with van der Waals surface area (Å²) in [6.07, 6.45) is 1.83. The second-order valence-electron chi connectivity index (χ2n) is 4.93. The highest BCUT2D eigenvalue weighted by Crippen LogP contribution is 2.34. The van der Waals surface area contributed by atoms with E-state index in [0.717, 1.165) is 22.0 Å². The summed E-state index contributed by atoms with van der Waals surface area (Å²) in [5.41, 5.74) is 3.36. The van der Waals surface area contributed by atoms with E-state index >= 15 is 0 Å². The van der Waals surface area contributed by atoms with Crippen LogP contribution in [0.15, 0.2) is 48.7 Å². The van der Waals surface area contributed by atoms with Crippen molar-refractivity contribution in [2.45, 2.75) is 6.04 Å². The number of H-pyrrole nitrogens is 1. The third kappa shape index (κ3) is 1.48. The van der Waals surface area contributed by atoms with Crippen LogP contribution in [0.25, 0.3) is 10.9 Å². The molecule has 2 N–H and O–H groups in total. The molecule has 3 nitrogen and oxygen atoms in total. The Morgan fingerprint density at radius 2 is 1.90 bits per heavy atom. The molecule has 0 unspecified atom stereocenters. The smallest absolute Gasteiger partial charge is 0.252 e. The number of carbonyl (C=O) groups excluding carboxylic acids is 1. The van der Waals surface area contributed by atoms with Crippen molar-refractivity contribution < 1.29 is 9.18 Å². The number of rotatable bonds is 1. The molecule has 0 saturated heterocycles. The van der Waals surface area contributed by atoms with Crippen LogP contribution in [0.2, 0.25) is 0 Å². The second kappa shape index (κ2) is 3.93. The number of carbonyl (C=O) groups is 1. The van der Waals surface area contributed by atoms with E-state index in [9.17, 15) is 9.18 Å². The standard InChI is InChI=1S/C16H11FN2O/c17-9-5-6-14-12(7-9)13(8-18-14)15-10-3-1-2-4-11(10)16(20)19-15/h1-8,15,18H,(H,19,20)/t15-/m1/s1. The number of benzene rings is 2. The summed E-state index contributed by atoms with van der Waals surface area (Å²) in [6, 6.07) is 11.9. The molecule has 1 aliphatic rings. The molecule has 2 aromatic carbocycles. The number of aromatic amines is 1. The van der Waals surface area contributed by atoms with Crippen molar-refractivity contribution in [1.29, 1.82) is 0 Å². The molecule has 2 heterocycles. The number of fused-ring (bicyclic) bond motifs is 2. The van der Waals surface area contributed by atoms with Gasteiger partial charge in [0.25, 0.3) is 5.91 Å². The minimum absolute atomic E-state index is 0.0867. The predicted molar refractivity (Wildman–Crippen MR) is 74.0 cm³/mol. The average molecular weight is 266 g/mol. The number of hydrogen-bond donors (Lipinski definition) is 2. The van der Waals surface area contributed by atoms with Gasteiger partial charge in [-0.15, -0.1) is 0 Å². The molecule has 1 amide bonds. The fraction of sp³-hybridized carbons (Fsp3) is 0.0625. The molecule has 0 spiro atoms. The molecule has 0 fully saturated rings. The Bertz CT molecular complexity index is 837. The first-order valence-electron chi connectivity index (χ1n) is 6.40. The molecule has 1 aromatic heterocycles. The van der Waals surface area contributed by atoms with Crippen molar-refractivity contribution in [3.63, 3.8) is 0 Å².